The molecule has 3 nitrogen and oxygen atoms in total. The Bertz CT molecular complexity index is 277. The first-order valence-electron chi connectivity index (χ1n) is 3.87. The SMILES string of the molecule is CC(CS)Cc1cnc(=O)[nH]c1. The summed E-state index contributed by atoms with van der Waals surface area (Å²) in [5, 5.41) is 0. The van der Waals surface area contributed by atoms with Crippen LogP contribution in [0.15, 0.2) is 17.2 Å². The summed E-state index contributed by atoms with van der Waals surface area (Å²) in [6, 6.07) is 0. The lowest BCUT2D eigenvalue weighted by molar-refractivity contribution is 0.655. The highest BCUT2D eigenvalue weighted by atomic mass is 32.1. The molecule has 1 aromatic rings. The highest BCUT2D eigenvalue weighted by Crippen LogP contribution is 2.06. The van der Waals surface area contributed by atoms with E-state index in [-0.39, 0.29) is 5.69 Å². The molecule has 0 bridgehead atoms. The average Bonchev–Trinajstić information content (AvgIpc) is 2.09. The number of nitrogens with one attached hydrogen (secondary N) is 1. The summed E-state index contributed by atoms with van der Waals surface area (Å²) in [6.45, 7) is 2.11. The van der Waals surface area contributed by atoms with Gasteiger partial charge in [0.05, 0.1) is 0 Å². The van der Waals surface area contributed by atoms with Crippen LogP contribution in [0, 0.1) is 5.92 Å². The van der Waals surface area contributed by atoms with Gasteiger partial charge < -0.3 is 4.98 Å². The summed E-state index contributed by atoms with van der Waals surface area (Å²) in [6.07, 6.45) is 4.22. The Morgan fingerprint density at radius 2 is 2.50 bits per heavy atom. The summed E-state index contributed by atoms with van der Waals surface area (Å²) >= 11 is 4.17. The predicted octanol–water partition coefficient (Wildman–Crippen LogP) is 0.878. The van der Waals surface area contributed by atoms with E-state index in [0.29, 0.717) is 5.92 Å². The van der Waals surface area contributed by atoms with Crippen LogP contribution in [0.5, 0.6) is 0 Å². The third-order valence-electron chi connectivity index (χ3n) is 1.62. The average molecular weight is 184 g/mol. The number of hydrogen-bond donors (Lipinski definition) is 2. The molecule has 0 aliphatic carbocycles. The first-order valence-corrected chi connectivity index (χ1v) is 4.50. The molecule has 0 aromatic carbocycles. The number of aromatic nitrogens is 2. The van der Waals surface area contributed by atoms with E-state index in [2.05, 4.69) is 29.5 Å². The van der Waals surface area contributed by atoms with Crippen LogP contribution in [-0.4, -0.2) is 15.7 Å². The quantitative estimate of drug-likeness (QED) is 0.685. The molecule has 66 valence electrons. The van der Waals surface area contributed by atoms with Crippen LogP contribution in [-0.2, 0) is 6.42 Å². The normalized spacial score (nSPS) is 12.8. The van der Waals surface area contributed by atoms with E-state index < -0.39 is 0 Å². The van der Waals surface area contributed by atoms with Crippen molar-refractivity contribution in [3.05, 3.63) is 28.4 Å². The second-order valence-corrected chi connectivity index (χ2v) is 3.28. The number of hydrogen-bond acceptors (Lipinski definition) is 3. The summed E-state index contributed by atoms with van der Waals surface area (Å²) in [7, 11) is 0. The van der Waals surface area contributed by atoms with Crippen molar-refractivity contribution in [1.82, 2.24) is 9.97 Å². The second-order valence-electron chi connectivity index (χ2n) is 2.92. The lowest BCUT2D eigenvalue weighted by Crippen LogP contribution is -2.11. The van der Waals surface area contributed by atoms with Crippen LogP contribution in [0.1, 0.15) is 12.5 Å². The fraction of sp³-hybridized carbons (Fsp3) is 0.500. The van der Waals surface area contributed by atoms with Gasteiger partial charge in [0, 0.05) is 12.4 Å². The molecule has 0 aliphatic rings. The van der Waals surface area contributed by atoms with Gasteiger partial charge in [0.2, 0.25) is 0 Å². The minimum atomic E-state index is -0.294. The van der Waals surface area contributed by atoms with Gasteiger partial charge in [-0.25, -0.2) is 9.78 Å². The van der Waals surface area contributed by atoms with E-state index in [0.717, 1.165) is 17.7 Å². The zero-order chi connectivity index (χ0) is 8.97. The molecule has 1 N–H and O–H groups in total. The number of H-pyrrole nitrogens is 1. The number of rotatable bonds is 3. The van der Waals surface area contributed by atoms with Crippen molar-refractivity contribution in [1.29, 1.82) is 0 Å². The zero-order valence-electron chi connectivity index (χ0n) is 6.95. The number of nitrogens with zero attached hydrogens (tertiary/aromatic N) is 1. The molecule has 0 amide bonds. The van der Waals surface area contributed by atoms with Gasteiger partial charge in [-0.05, 0) is 23.7 Å². The molecular formula is C8H12N2OS. The minimum absolute atomic E-state index is 0.294. The van der Waals surface area contributed by atoms with E-state index in [9.17, 15) is 4.79 Å². The van der Waals surface area contributed by atoms with Crippen molar-refractivity contribution in [2.75, 3.05) is 5.75 Å². The molecule has 1 rings (SSSR count). The second kappa shape index (κ2) is 4.30. The molecule has 0 radical (unpaired) electrons. The van der Waals surface area contributed by atoms with Crippen LogP contribution < -0.4 is 5.69 Å². The van der Waals surface area contributed by atoms with Gasteiger partial charge in [-0.1, -0.05) is 6.92 Å². The smallest absolute Gasteiger partial charge is 0.312 e. The van der Waals surface area contributed by atoms with Crippen molar-refractivity contribution >= 4 is 12.6 Å². The Hall–Kier alpha value is -0.770. The van der Waals surface area contributed by atoms with Gasteiger partial charge in [-0.3, -0.25) is 0 Å². The third kappa shape index (κ3) is 2.70. The Labute approximate surface area is 76.6 Å². The molecule has 4 heteroatoms. The molecule has 0 saturated carbocycles. The van der Waals surface area contributed by atoms with Gasteiger partial charge in [-0.15, -0.1) is 0 Å². The first-order chi connectivity index (χ1) is 5.72. The molecule has 0 fully saturated rings. The monoisotopic (exact) mass is 184 g/mol. The maximum Gasteiger partial charge on any atom is 0.344 e. The maximum absolute atomic E-state index is 10.6. The van der Waals surface area contributed by atoms with Crippen molar-refractivity contribution in [3.63, 3.8) is 0 Å². The molecular weight excluding hydrogens is 172 g/mol. The van der Waals surface area contributed by atoms with Crippen molar-refractivity contribution in [3.8, 4) is 0 Å². The standard InChI is InChI=1S/C8H12N2OS/c1-6(5-12)2-7-3-9-8(11)10-4-7/h3-4,6,12H,2,5H2,1H3,(H,9,10,11). The maximum atomic E-state index is 10.6. The van der Waals surface area contributed by atoms with Crippen LogP contribution in [0.4, 0.5) is 0 Å². The summed E-state index contributed by atoms with van der Waals surface area (Å²) in [5.41, 5.74) is 0.758. The van der Waals surface area contributed by atoms with E-state index >= 15 is 0 Å². The van der Waals surface area contributed by atoms with E-state index in [1.807, 2.05) is 0 Å². The van der Waals surface area contributed by atoms with Crippen molar-refractivity contribution in [2.45, 2.75) is 13.3 Å². The fourth-order valence-corrected chi connectivity index (χ4v) is 1.08. The molecule has 1 heterocycles. The lowest BCUT2D eigenvalue weighted by atomic mass is 10.1. The molecule has 1 atom stereocenters. The van der Waals surface area contributed by atoms with Gasteiger partial charge in [0.1, 0.15) is 0 Å². The van der Waals surface area contributed by atoms with Crippen molar-refractivity contribution in [2.24, 2.45) is 5.92 Å². The fourth-order valence-electron chi connectivity index (χ4n) is 0.949. The molecule has 12 heavy (non-hydrogen) atoms. The van der Waals surface area contributed by atoms with E-state index in [1.54, 1.807) is 12.4 Å². The Kier molecular flexibility index (Phi) is 3.34. The van der Waals surface area contributed by atoms with Gasteiger partial charge >= 0.3 is 5.69 Å². The molecule has 0 saturated heterocycles. The van der Waals surface area contributed by atoms with Gasteiger partial charge in [-0.2, -0.15) is 12.6 Å². The lowest BCUT2D eigenvalue weighted by Gasteiger charge is -2.05. The number of thiol groups is 1. The predicted molar refractivity (Wildman–Crippen MR) is 51.6 cm³/mol. The topological polar surface area (TPSA) is 45.8 Å². The zero-order valence-corrected chi connectivity index (χ0v) is 7.84. The van der Waals surface area contributed by atoms with E-state index in [1.165, 1.54) is 0 Å². The minimum Gasteiger partial charge on any atom is -0.312 e. The third-order valence-corrected chi connectivity index (χ3v) is 2.25. The van der Waals surface area contributed by atoms with Crippen LogP contribution >= 0.6 is 12.6 Å². The van der Waals surface area contributed by atoms with Gasteiger partial charge in [0.25, 0.3) is 0 Å². The Morgan fingerprint density at radius 3 is 3.00 bits per heavy atom. The summed E-state index contributed by atoms with van der Waals surface area (Å²) in [4.78, 5) is 16.8. The first kappa shape index (κ1) is 9.32. The van der Waals surface area contributed by atoms with Gasteiger partial charge in [0.15, 0.2) is 0 Å². The molecule has 1 aromatic heterocycles. The molecule has 0 aliphatic heterocycles. The Morgan fingerprint density at radius 1 is 1.75 bits per heavy atom. The molecule has 0 spiro atoms. The largest absolute Gasteiger partial charge is 0.344 e. The van der Waals surface area contributed by atoms with Crippen LogP contribution in [0.2, 0.25) is 0 Å². The van der Waals surface area contributed by atoms with Crippen molar-refractivity contribution < 1.29 is 0 Å². The highest BCUT2D eigenvalue weighted by Gasteiger charge is 2.00. The molecule has 1 unspecified atom stereocenters. The highest BCUT2D eigenvalue weighted by molar-refractivity contribution is 7.80. The number of aromatic amines is 1. The van der Waals surface area contributed by atoms with E-state index in [4.69, 9.17) is 0 Å². The Balaban J connectivity index is 2.64. The summed E-state index contributed by atoms with van der Waals surface area (Å²) < 4.78 is 0. The van der Waals surface area contributed by atoms with Crippen LogP contribution in [0.3, 0.4) is 0 Å². The summed E-state index contributed by atoms with van der Waals surface area (Å²) in [5.74, 6) is 1.36. The van der Waals surface area contributed by atoms with Crippen LogP contribution in [0.25, 0.3) is 0 Å².